The fraction of sp³-hybridized carbons (Fsp3) is 0.409. The van der Waals surface area contributed by atoms with E-state index in [9.17, 15) is 9.59 Å². The lowest BCUT2D eigenvalue weighted by Crippen LogP contribution is -2.37. The van der Waals surface area contributed by atoms with Crippen molar-refractivity contribution in [3.63, 3.8) is 0 Å². The number of benzene rings is 1. The quantitative estimate of drug-likeness (QED) is 0.714. The van der Waals surface area contributed by atoms with Crippen molar-refractivity contribution in [3.05, 3.63) is 63.3 Å². The highest BCUT2D eigenvalue weighted by atomic mass is 16.2. The maximum absolute atomic E-state index is 13.0. The molecule has 148 valence electrons. The number of rotatable bonds is 6. The van der Waals surface area contributed by atoms with Gasteiger partial charge in [-0.2, -0.15) is 5.10 Å². The molecule has 2 aromatic heterocycles. The zero-order valence-electron chi connectivity index (χ0n) is 17.2. The van der Waals surface area contributed by atoms with Gasteiger partial charge >= 0.3 is 0 Å². The number of hydrogen-bond acceptors (Lipinski definition) is 3. The Kier molecular flexibility index (Phi) is 5.68. The van der Waals surface area contributed by atoms with Gasteiger partial charge in [0.05, 0.1) is 11.6 Å². The molecule has 28 heavy (non-hydrogen) atoms. The van der Waals surface area contributed by atoms with Crippen LogP contribution in [0, 0.1) is 20.8 Å². The van der Waals surface area contributed by atoms with Gasteiger partial charge < -0.3 is 9.88 Å². The lowest BCUT2D eigenvalue weighted by Gasteiger charge is -2.11. The van der Waals surface area contributed by atoms with Crippen LogP contribution in [-0.4, -0.2) is 26.3 Å². The molecular weight excluding hydrogens is 352 g/mol. The number of hydrogen-bond donors (Lipinski definition) is 1. The molecule has 6 nitrogen and oxygen atoms in total. The molecule has 0 saturated heterocycles. The van der Waals surface area contributed by atoms with E-state index < -0.39 is 0 Å². The summed E-state index contributed by atoms with van der Waals surface area (Å²) in [5, 5.41) is 8.60. The Hall–Kier alpha value is -2.89. The van der Waals surface area contributed by atoms with Crippen LogP contribution >= 0.6 is 0 Å². The average molecular weight is 380 g/mol. The van der Waals surface area contributed by atoms with E-state index in [0.29, 0.717) is 11.9 Å². The first-order chi connectivity index (χ1) is 13.3. The minimum absolute atomic E-state index is 0.0687. The third kappa shape index (κ3) is 3.86. The number of nitrogens with one attached hydrogen (secondary N) is 1. The number of carbonyl (C=O) groups is 1. The van der Waals surface area contributed by atoms with Gasteiger partial charge in [-0.3, -0.25) is 9.59 Å². The molecule has 0 saturated carbocycles. The lowest BCUT2D eigenvalue weighted by atomic mass is 10.1. The fourth-order valence-corrected chi connectivity index (χ4v) is 3.43. The summed E-state index contributed by atoms with van der Waals surface area (Å²) in [6.45, 7) is 10.6. The minimum Gasteiger partial charge on any atom is -0.352 e. The molecule has 0 aliphatic rings. The Morgan fingerprint density at radius 3 is 2.46 bits per heavy atom. The maximum Gasteiger partial charge on any atom is 0.276 e. The Bertz CT molecular complexity index is 1060. The lowest BCUT2D eigenvalue weighted by molar-refractivity contribution is -0.122. The van der Waals surface area contributed by atoms with E-state index >= 15 is 0 Å². The molecule has 0 bridgehead atoms. The van der Waals surface area contributed by atoms with Gasteiger partial charge in [0.2, 0.25) is 5.91 Å². The Morgan fingerprint density at radius 1 is 1.14 bits per heavy atom. The maximum atomic E-state index is 13.0. The summed E-state index contributed by atoms with van der Waals surface area (Å²) < 4.78 is 3.39. The monoisotopic (exact) mass is 380 g/mol. The van der Waals surface area contributed by atoms with Crippen LogP contribution in [-0.2, 0) is 17.9 Å². The summed E-state index contributed by atoms with van der Waals surface area (Å²) in [7, 11) is 0. The average Bonchev–Trinajstić information content (AvgIpc) is 2.90. The zero-order valence-corrected chi connectivity index (χ0v) is 17.2. The summed E-state index contributed by atoms with van der Waals surface area (Å²) in [5.41, 5.74) is 4.08. The molecule has 6 heteroatoms. The van der Waals surface area contributed by atoms with Crippen LogP contribution < -0.4 is 10.9 Å². The summed E-state index contributed by atoms with van der Waals surface area (Å²) in [6, 6.07) is 8.47. The van der Waals surface area contributed by atoms with Crippen molar-refractivity contribution in [1.82, 2.24) is 19.7 Å². The second kappa shape index (κ2) is 8.00. The Morgan fingerprint density at radius 2 is 1.82 bits per heavy atom. The fourth-order valence-electron chi connectivity index (χ4n) is 3.43. The third-order valence-electron chi connectivity index (χ3n) is 5.38. The molecule has 0 spiro atoms. The molecule has 1 N–H and O–H groups in total. The second-order valence-electron chi connectivity index (χ2n) is 7.52. The molecule has 1 atom stereocenters. The van der Waals surface area contributed by atoms with Crippen LogP contribution in [0.25, 0.3) is 10.8 Å². The van der Waals surface area contributed by atoms with Crippen LogP contribution in [0.1, 0.15) is 42.8 Å². The topological polar surface area (TPSA) is 68.9 Å². The summed E-state index contributed by atoms with van der Waals surface area (Å²) in [4.78, 5) is 25.2. The number of aromatic nitrogens is 3. The van der Waals surface area contributed by atoms with Crippen LogP contribution in [0.3, 0.4) is 0 Å². The number of fused-ring (bicyclic) bond motifs is 1. The Balaban J connectivity index is 1.96. The second-order valence-corrected chi connectivity index (χ2v) is 7.52. The van der Waals surface area contributed by atoms with Gasteiger partial charge in [0.25, 0.3) is 5.56 Å². The van der Waals surface area contributed by atoms with Crippen LogP contribution in [0.5, 0.6) is 0 Å². The minimum atomic E-state index is -0.222. The van der Waals surface area contributed by atoms with Gasteiger partial charge in [-0.05, 0) is 39.7 Å². The van der Waals surface area contributed by atoms with E-state index in [2.05, 4.69) is 46.2 Å². The van der Waals surface area contributed by atoms with Crippen molar-refractivity contribution >= 4 is 16.7 Å². The van der Waals surface area contributed by atoms with E-state index in [1.54, 1.807) is 6.20 Å². The normalized spacial score (nSPS) is 12.3. The van der Waals surface area contributed by atoms with E-state index in [4.69, 9.17) is 0 Å². The number of nitrogens with zero attached hydrogens (tertiary/aromatic N) is 3. The molecule has 0 aliphatic carbocycles. The summed E-state index contributed by atoms with van der Waals surface area (Å²) in [5.74, 6) is -0.197. The van der Waals surface area contributed by atoms with Gasteiger partial charge in [-0.15, -0.1) is 0 Å². The van der Waals surface area contributed by atoms with E-state index in [1.807, 2.05) is 27.7 Å². The summed E-state index contributed by atoms with van der Waals surface area (Å²) in [6.07, 6.45) is 2.54. The van der Waals surface area contributed by atoms with Crippen LogP contribution in [0.15, 0.2) is 35.3 Å². The molecular formula is C22H28N4O2. The van der Waals surface area contributed by atoms with Crippen molar-refractivity contribution in [3.8, 4) is 0 Å². The number of carbonyl (C=O) groups excluding carboxylic acids is 1. The number of amides is 1. The molecule has 0 radical (unpaired) electrons. The van der Waals surface area contributed by atoms with E-state index in [0.717, 1.165) is 23.2 Å². The first-order valence-corrected chi connectivity index (χ1v) is 9.72. The smallest absolute Gasteiger partial charge is 0.276 e. The van der Waals surface area contributed by atoms with Crippen molar-refractivity contribution in [2.24, 2.45) is 0 Å². The molecule has 0 fully saturated rings. The van der Waals surface area contributed by atoms with Crippen molar-refractivity contribution in [1.29, 1.82) is 0 Å². The van der Waals surface area contributed by atoms with Gasteiger partial charge in [-0.1, -0.05) is 36.8 Å². The van der Waals surface area contributed by atoms with Crippen molar-refractivity contribution in [2.75, 3.05) is 0 Å². The molecule has 1 aromatic carbocycles. The van der Waals surface area contributed by atoms with Gasteiger partial charge in [0, 0.05) is 29.4 Å². The molecule has 0 aliphatic heterocycles. The first-order valence-electron chi connectivity index (χ1n) is 9.72. The van der Waals surface area contributed by atoms with E-state index in [1.165, 1.54) is 15.8 Å². The molecule has 3 rings (SSSR count). The van der Waals surface area contributed by atoms with Crippen LogP contribution in [0.4, 0.5) is 0 Å². The SMILES string of the molecule is CCC(C)NC(=O)Cn1ncc2c(C)n(Cc3ccc(C)cc3)c(C)c2c1=O. The molecule has 3 aromatic rings. The molecule has 1 unspecified atom stereocenters. The third-order valence-corrected chi connectivity index (χ3v) is 5.38. The largest absolute Gasteiger partial charge is 0.352 e. The predicted octanol–water partition coefficient (Wildman–Crippen LogP) is 3.09. The molecule has 1 amide bonds. The summed E-state index contributed by atoms with van der Waals surface area (Å²) >= 11 is 0. The molecule has 2 heterocycles. The number of aryl methyl sites for hydroxylation is 3. The highest BCUT2D eigenvalue weighted by molar-refractivity contribution is 5.87. The highest BCUT2D eigenvalue weighted by Crippen LogP contribution is 2.23. The Labute approximate surface area is 165 Å². The van der Waals surface area contributed by atoms with Crippen molar-refractivity contribution < 1.29 is 4.79 Å². The van der Waals surface area contributed by atoms with Crippen LogP contribution in [0.2, 0.25) is 0 Å². The zero-order chi connectivity index (χ0) is 20.4. The predicted molar refractivity (Wildman–Crippen MR) is 112 cm³/mol. The van der Waals surface area contributed by atoms with Gasteiger partial charge in [0.1, 0.15) is 6.54 Å². The van der Waals surface area contributed by atoms with Crippen molar-refractivity contribution in [2.45, 2.75) is 60.2 Å². The van der Waals surface area contributed by atoms with Gasteiger partial charge in [-0.25, -0.2) is 4.68 Å². The van der Waals surface area contributed by atoms with E-state index in [-0.39, 0.29) is 24.1 Å². The highest BCUT2D eigenvalue weighted by Gasteiger charge is 2.17. The first kappa shape index (κ1) is 19.9. The van der Waals surface area contributed by atoms with Gasteiger partial charge in [0.15, 0.2) is 0 Å². The standard InChI is InChI=1S/C22H28N4O2/c1-6-15(3)24-20(27)13-26-22(28)21-17(5)25(16(4)19(21)11-23-26)12-18-9-7-14(2)8-10-18/h7-11,15H,6,12-13H2,1-5H3,(H,24,27).